The topological polar surface area (TPSA) is 88.9 Å². The highest BCUT2D eigenvalue weighted by molar-refractivity contribution is 7.99. The van der Waals surface area contributed by atoms with Crippen LogP contribution in [-0.4, -0.2) is 32.3 Å². The number of hydrogen-bond donors (Lipinski definition) is 2. The van der Waals surface area contributed by atoms with Gasteiger partial charge in [-0.25, -0.2) is 0 Å². The van der Waals surface area contributed by atoms with Gasteiger partial charge in [0.15, 0.2) is 5.16 Å². The van der Waals surface area contributed by atoms with Gasteiger partial charge in [-0.05, 0) is 23.6 Å². The SMILES string of the molecule is Cn1c(CC(=O)Nc2ccccc2Cl)nnc1SCC(=O)Nc1cccc2ccccc12. The number of carbonyl (C=O) groups excluding carboxylic acids is 2. The number of carbonyl (C=O) groups is 2. The quantitative estimate of drug-likeness (QED) is 0.391. The Kier molecular flexibility index (Phi) is 6.72. The molecule has 0 atom stereocenters. The Morgan fingerprint density at radius 1 is 0.906 bits per heavy atom. The molecule has 0 saturated heterocycles. The number of halogens is 1. The smallest absolute Gasteiger partial charge is 0.234 e. The lowest BCUT2D eigenvalue weighted by atomic mass is 10.1. The highest BCUT2D eigenvalue weighted by Crippen LogP contribution is 2.24. The van der Waals surface area contributed by atoms with E-state index in [0.717, 1.165) is 16.5 Å². The summed E-state index contributed by atoms with van der Waals surface area (Å²) in [5.74, 6) is 0.263. The minimum Gasteiger partial charge on any atom is -0.325 e. The number of anilines is 2. The number of hydrogen-bond acceptors (Lipinski definition) is 5. The summed E-state index contributed by atoms with van der Waals surface area (Å²) in [6.45, 7) is 0. The van der Waals surface area contributed by atoms with E-state index in [0.29, 0.717) is 21.7 Å². The van der Waals surface area contributed by atoms with E-state index in [-0.39, 0.29) is 24.0 Å². The third kappa shape index (κ3) is 5.09. The number of benzene rings is 3. The minimum atomic E-state index is -0.251. The molecule has 0 bridgehead atoms. The Morgan fingerprint density at radius 2 is 1.59 bits per heavy atom. The van der Waals surface area contributed by atoms with Crippen molar-refractivity contribution < 1.29 is 9.59 Å². The normalized spacial score (nSPS) is 10.8. The maximum atomic E-state index is 12.5. The van der Waals surface area contributed by atoms with E-state index in [9.17, 15) is 9.59 Å². The number of fused-ring (bicyclic) bond motifs is 1. The molecule has 4 aromatic rings. The van der Waals surface area contributed by atoms with E-state index in [2.05, 4.69) is 20.8 Å². The average molecular weight is 466 g/mol. The zero-order valence-corrected chi connectivity index (χ0v) is 18.8. The molecular formula is C23H20ClN5O2S. The average Bonchev–Trinajstić information content (AvgIpc) is 3.13. The molecule has 9 heteroatoms. The Hall–Kier alpha value is -3.36. The van der Waals surface area contributed by atoms with Gasteiger partial charge in [-0.2, -0.15) is 0 Å². The van der Waals surface area contributed by atoms with Crippen molar-refractivity contribution in [3.8, 4) is 0 Å². The molecular weight excluding hydrogens is 446 g/mol. The molecule has 0 aliphatic carbocycles. The van der Waals surface area contributed by atoms with Gasteiger partial charge < -0.3 is 15.2 Å². The molecule has 0 aliphatic heterocycles. The Balaban J connectivity index is 1.35. The molecule has 2 N–H and O–H groups in total. The van der Waals surface area contributed by atoms with Crippen molar-refractivity contribution in [2.45, 2.75) is 11.6 Å². The lowest BCUT2D eigenvalue weighted by Gasteiger charge is -2.09. The summed E-state index contributed by atoms with van der Waals surface area (Å²) in [5, 5.41) is 17.0. The van der Waals surface area contributed by atoms with Gasteiger partial charge in [0.05, 0.1) is 22.9 Å². The molecule has 0 unspecified atom stereocenters. The van der Waals surface area contributed by atoms with Gasteiger partial charge in [-0.3, -0.25) is 9.59 Å². The van der Waals surface area contributed by atoms with E-state index in [1.807, 2.05) is 42.5 Å². The van der Waals surface area contributed by atoms with Gasteiger partial charge >= 0.3 is 0 Å². The van der Waals surface area contributed by atoms with Crippen LogP contribution < -0.4 is 10.6 Å². The fourth-order valence-corrected chi connectivity index (χ4v) is 4.09. The fourth-order valence-electron chi connectivity index (χ4n) is 3.18. The minimum absolute atomic E-state index is 0.0392. The number of nitrogens with zero attached hydrogens (tertiary/aromatic N) is 3. The molecule has 3 aromatic carbocycles. The molecule has 0 radical (unpaired) electrons. The zero-order valence-electron chi connectivity index (χ0n) is 17.2. The summed E-state index contributed by atoms with van der Waals surface area (Å²) in [6.07, 6.45) is 0.0392. The fraction of sp³-hybridized carbons (Fsp3) is 0.130. The van der Waals surface area contributed by atoms with Crippen LogP contribution in [0.25, 0.3) is 10.8 Å². The predicted molar refractivity (Wildman–Crippen MR) is 128 cm³/mol. The lowest BCUT2D eigenvalue weighted by Crippen LogP contribution is -2.17. The van der Waals surface area contributed by atoms with Crippen LogP contribution in [0.1, 0.15) is 5.82 Å². The van der Waals surface area contributed by atoms with Crippen LogP contribution >= 0.6 is 23.4 Å². The Bertz CT molecular complexity index is 1290. The van der Waals surface area contributed by atoms with Gasteiger partial charge in [0.1, 0.15) is 5.82 Å². The highest BCUT2D eigenvalue weighted by atomic mass is 35.5. The molecule has 0 saturated carbocycles. The van der Waals surface area contributed by atoms with Crippen LogP contribution in [-0.2, 0) is 23.1 Å². The molecule has 7 nitrogen and oxygen atoms in total. The number of nitrogens with one attached hydrogen (secondary N) is 2. The largest absolute Gasteiger partial charge is 0.325 e. The molecule has 2 amide bonds. The first kappa shape index (κ1) is 21.9. The van der Waals surface area contributed by atoms with Crippen LogP contribution in [0.4, 0.5) is 11.4 Å². The number of thioether (sulfide) groups is 1. The summed E-state index contributed by atoms with van der Waals surface area (Å²) in [6, 6.07) is 20.7. The van der Waals surface area contributed by atoms with Gasteiger partial charge in [-0.1, -0.05) is 71.9 Å². The summed E-state index contributed by atoms with van der Waals surface area (Å²) in [5.41, 5.74) is 1.31. The third-order valence-electron chi connectivity index (χ3n) is 4.79. The van der Waals surface area contributed by atoms with Crippen molar-refractivity contribution in [3.63, 3.8) is 0 Å². The van der Waals surface area contributed by atoms with Crippen LogP contribution in [0.3, 0.4) is 0 Å². The molecule has 0 aliphatic rings. The molecule has 0 spiro atoms. The predicted octanol–water partition coefficient (Wildman–Crippen LogP) is 4.53. The molecule has 1 aromatic heterocycles. The number of aromatic nitrogens is 3. The second-order valence-electron chi connectivity index (χ2n) is 7.03. The Morgan fingerprint density at radius 3 is 2.44 bits per heavy atom. The van der Waals surface area contributed by atoms with Gasteiger partial charge in [0, 0.05) is 18.1 Å². The third-order valence-corrected chi connectivity index (χ3v) is 6.14. The van der Waals surface area contributed by atoms with Crippen LogP contribution in [0.5, 0.6) is 0 Å². The van der Waals surface area contributed by atoms with Gasteiger partial charge in [0.2, 0.25) is 11.8 Å². The van der Waals surface area contributed by atoms with Crippen LogP contribution in [0.15, 0.2) is 71.9 Å². The summed E-state index contributed by atoms with van der Waals surface area (Å²) in [7, 11) is 1.77. The van der Waals surface area contributed by atoms with Crippen molar-refractivity contribution in [1.82, 2.24) is 14.8 Å². The maximum Gasteiger partial charge on any atom is 0.234 e. The molecule has 162 valence electrons. The van der Waals surface area contributed by atoms with E-state index >= 15 is 0 Å². The van der Waals surface area contributed by atoms with Crippen LogP contribution in [0, 0.1) is 0 Å². The number of para-hydroxylation sites is 1. The second-order valence-corrected chi connectivity index (χ2v) is 8.38. The van der Waals surface area contributed by atoms with E-state index in [1.54, 1.807) is 35.9 Å². The van der Waals surface area contributed by atoms with E-state index < -0.39 is 0 Å². The molecule has 4 rings (SSSR count). The van der Waals surface area contributed by atoms with Crippen molar-refractivity contribution in [2.75, 3.05) is 16.4 Å². The first-order valence-corrected chi connectivity index (χ1v) is 11.2. The number of rotatable bonds is 7. The zero-order chi connectivity index (χ0) is 22.5. The Labute approximate surface area is 194 Å². The van der Waals surface area contributed by atoms with E-state index in [4.69, 9.17) is 11.6 Å². The van der Waals surface area contributed by atoms with Crippen molar-refractivity contribution in [3.05, 3.63) is 77.6 Å². The van der Waals surface area contributed by atoms with Crippen molar-refractivity contribution in [2.24, 2.45) is 7.05 Å². The summed E-state index contributed by atoms with van der Waals surface area (Å²) < 4.78 is 1.71. The number of amides is 2. The molecule has 32 heavy (non-hydrogen) atoms. The van der Waals surface area contributed by atoms with Gasteiger partial charge in [0.25, 0.3) is 0 Å². The van der Waals surface area contributed by atoms with Crippen molar-refractivity contribution in [1.29, 1.82) is 0 Å². The van der Waals surface area contributed by atoms with E-state index in [1.165, 1.54) is 11.8 Å². The van der Waals surface area contributed by atoms with Gasteiger partial charge in [-0.15, -0.1) is 10.2 Å². The van der Waals surface area contributed by atoms with Crippen LogP contribution in [0.2, 0.25) is 5.02 Å². The maximum absolute atomic E-state index is 12.5. The summed E-state index contributed by atoms with van der Waals surface area (Å²) in [4.78, 5) is 24.8. The second kappa shape index (κ2) is 9.84. The molecule has 0 fully saturated rings. The first-order chi connectivity index (χ1) is 15.5. The standard InChI is InChI=1S/C23H20ClN5O2S/c1-29-20(13-21(30)26-19-11-5-4-10-17(19)24)27-28-23(29)32-14-22(31)25-18-12-6-8-15-7-2-3-9-16(15)18/h2-12H,13-14H2,1H3,(H,25,31)(H,26,30). The first-order valence-electron chi connectivity index (χ1n) is 9.84. The lowest BCUT2D eigenvalue weighted by molar-refractivity contribution is -0.116. The van der Waals surface area contributed by atoms with Crippen molar-refractivity contribution >= 4 is 57.3 Å². The molecule has 1 heterocycles. The highest BCUT2D eigenvalue weighted by Gasteiger charge is 2.15. The monoisotopic (exact) mass is 465 g/mol. The summed E-state index contributed by atoms with van der Waals surface area (Å²) >= 11 is 7.34.